The molecule has 0 aliphatic carbocycles. The number of nitro benzene ring substituents is 1. The van der Waals surface area contributed by atoms with Gasteiger partial charge < -0.3 is 9.88 Å². The molecule has 1 aromatic carbocycles. The summed E-state index contributed by atoms with van der Waals surface area (Å²) in [4.78, 5) is 25.1. The number of amides is 1. The number of aryl methyl sites for hydroxylation is 1. The van der Waals surface area contributed by atoms with E-state index in [1.807, 2.05) is 19.3 Å². The number of nitrogens with zero attached hydrogens (tertiary/aromatic N) is 3. The normalized spacial score (nSPS) is 17.6. The number of carbonyl (C=O) groups is 1. The maximum absolute atomic E-state index is 12.4. The second-order valence-electron chi connectivity index (χ2n) is 6.14. The molecule has 7 nitrogen and oxygen atoms in total. The van der Waals surface area contributed by atoms with Crippen LogP contribution in [-0.4, -0.2) is 33.4 Å². The van der Waals surface area contributed by atoms with Gasteiger partial charge in [0, 0.05) is 30.0 Å². The van der Waals surface area contributed by atoms with Crippen LogP contribution in [0.5, 0.6) is 0 Å². The van der Waals surface area contributed by atoms with Crippen LogP contribution in [0.2, 0.25) is 5.02 Å². The van der Waals surface area contributed by atoms with E-state index in [0.29, 0.717) is 0 Å². The number of rotatable bonds is 5. The largest absolute Gasteiger partial charge is 0.353 e. The van der Waals surface area contributed by atoms with Gasteiger partial charge in [-0.2, -0.15) is 0 Å². The van der Waals surface area contributed by atoms with Gasteiger partial charge in [0.25, 0.3) is 5.69 Å². The Kier molecular flexibility index (Phi) is 5.06. The molecule has 1 amide bonds. The third kappa shape index (κ3) is 3.83. The Morgan fingerprint density at radius 3 is 2.92 bits per heavy atom. The second-order valence-corrected chi connectivity index (χ2v) is 6.58. The quantitative estimate of drug-likeness (QED) is 0.653. The zero-order valence-corrected chi connectivity index (χ0v) is 14.6. The van der Waals surface area contributed by atoms with E-state index in [1.165, 1.54) is 23.9 Å². The lowest BCUT2D eigenvalue weighted by molar-refractivity contribution is -0.383. The fourth-order valence-corrected chi connectivity index (χ4v) is 3.47. The molecule has 1 saturated heterocycles. The molecule has 3 rings (SSSR count). The van der Waals surface area contributed by atoms with Crippen LogP contribution in [0.1, 0.15) is 24.6 Å². The zero-order valence-electron chi connectivity index (χ0n) is 13.8. The highest BCUT2D eigenvalue weighted by molar-refractivity contribution is 6.31. The average molecular weight is 363 g/mol. The van der Waals surface area contributed by atoms with Gasteiger partial charge in [-0.25, -0.2) is 0 Å². The van der Waals surface area contributed by atoms with Crippen molar-refractivity contribution >= 4 is 28.9 Å². The monoisotopic (exact) mass is 362 g/mol. The molecular weight excluding hydrogens is 344 g/mol. The van der Waals surface area contributed by atoms with Crippen LogP contribution in [0.3, 0.4) is 0 Å². The summed E-state index contributed by atoms with van der Waals surface area (Å²) in [6.07, 6.45) is 4.00. The Balaban J connectivity index is 1.71. The third-order valence-electron chi connectivity index (χ3n) is 4.47. The summed E-state index contributed by atoms with van der Waals surface area (Å²) in [7, 11) is 1.99. The fraction of sp³-hybridized carbons (Fsp3) is 0.353. The summed E-state index contributed by atoms with van der Waals surface area (Å²) in [5, 5.41) is 14.0. The molecule has 8 heteroatoms. The fourth-order valence-electron chi connectivity index (χ4n) is 3.31. The highest BCUT2D eigenvalue weighted by atomic mass is 35.5. The minimum absolute atomic E-state index is 0.161. The number of hydrogen-bond donors (Lipinski definition) is 1. The van der Waals surface area contributed by atoms with Gasteiger partial charge in [-0.1, -0.05) is 11.6 Å². The Bertz CT molecular complexity index is 805. The molecule has 1 atom stereocenters. The van der Waals surface area contributed by atoms with Crippen molar-refractivity contribution in [1.82, 2.24) is 9.47 Å². The summed E-state index contributed by atoms with van der Waals surface area (Å²) < 4.78 is 2.06. The molecule has 1 fully saturated rings. The molecule has 1 aromatic heterocycles. The molecule has 0 spiro atoms. The highest BCUT2D eigenvalue weighted by Gasteiger charge is 2.29. The number of carbonyl (C=O) groups excluding carboxylic acids is 1. The van der Waals surface area contributed by atoms with Gasteiger partial charge in [-0.3, -0.25) is 19.8 Å². The number of aromatic nitrogens is 1. The highest BCUT2D eigenvalue weighted by Crippen LogP contribution is 2.32. The Labute approximate surface area is 150 Å². The molecular formula is C17H19ClN4O3. The minimum atomic E-state index is -0.551. The van der Waals surface area contributed by atoms with Gasteiger partial charge in [-0.15, -0.1) is 0 Å². The van der Waals surface area contributed by atoms with E-state index in [0.717, 1.165) is 19.4 Å². The van der Waals surface area contributed by atoms with Crippen LogP contribution in [0.25, 0.3) is 0 Å². The lowest BCUT2D eigenvalue weighted by Crippen LogP contribution is -2.33. The second kappa shape index (κ2) is 7.25. The predicted molar refractivity (Wildman–Crippen MR) is 95.7 cm³/mol. The van der Waals surface area contributed by atoms with Crippen molar-refractivity contribution in [2.75, 3.05) is 18.4 Å². The van der Waals surface area contributed by atoms with Crippen molar-refractivity contribution in [2.45, 2.75) is 18.9 Å². The van der Waals surface area contributed by atoms with Crippen molar-refractivity contribution in [3.63, 3.8) is 0 Å². The molecule has 0 radical (unpaired) electrons. The number of halogens is 1. The molecule has 2 aromatic rings. The predicted octanol–water partition coefficient (Wildman–Crippen LogP) is 3.36. The van der Waals surface area contributed by atoms with Crippen LogP contribution >= 0.6 is 11.6 Å². The smallest absolute Gasteiger partial charge is 0.294 e. The van der Waals surface area contributed by atoms with Crippen LogP contribution < -0.4 is 5.32 Å². The van der Waals surface area contributed by atoms with Crippen molar-refractivity contribution in [3.8, 4) is 0 Å². The van der Waals surface area contributed by atoms with E-state index >= 15 is 0 Å². The van der Waals surface area contributed by atoms with Crippen LogP contribution in [0, 0.1) is 10.1 Å². The van der Waals surface area contributed by atoms with Crippen LogP contribution in [0.4, 0.5) is 11.4 Å². The van der Waals surface area contributed by atoms with Crippen LogP contribution in [-0.2, 0) is 11.8 Å². The van der Waals surface area contributed by atoms with Crippen molar-refractivity contribution in [3.05, 3.63) is 57.4 Å². The first-order chi connectivity index (χ1) is 12.0. The topological polar surface area (TPSA) is 80.4 Å². The van der Waals surface area contributed by atoms with Gasteiger partial charge in [0.1, 0.15) is 5.69 Å². The first-order valence-electron chi connectivity index (χ1n) is 8.05. The molecule has 0 bridgehead atoms. The summed E-state index contributed by atoms with van der Waals surface area (Å²) in [5.74, 6) is -0.272. The minimum Gasteiger partial charge on any atom is -0.353 e. The summed E-state index contributed by atoms with van der Waals surface area (Å²) in [6.45, 7) is 1.02. The summed E-state index contributed by atoms with van der Waals surface area (Å²) in [5.41, 5.74) is 1.12. The third-order valence-corrected chi connectivity index (χ3v) is 4.70. The number of likely N-dealkylation sites (tertiary alicyclic amines) is 1. The van der Waals surface area contributed by atoms with Crippen molar-refractivity contribution < 1.29 is 9.72 Å². The molecule has 132 valence electrons. The van der Waals surface area contributed by atoms with E-state index in [2.05, 4.69) is 20.9 Å². The van der Waals surface area contributed by atoms with Crippen LogP contribution in [0.15, 0.2) is 36.5 Å². The van der Waals surface area contributed by atoms with Gasteiger partial charge in [-0.05, 0) is 43.7 Å². The lowest BCUT2D eigenvalue weighted by Gasteiger charge is -2.24. The standard InChI is InChI=1S/C17H19ClN4O3/c1-20-8-2-4-14(20)15-5-3-9-21(15)11-17(23)19-13-7-6-12(18)10-16(13)22(24)25/h2,4,6-8,10,15H,3,5,9,11H2,1H3,(H,19,23)/t15-/m0/s1. The molecule has 1 N–H and O–H groups in total. The van der Waals surface area contributed by atoms with Gasteiger partial charge in [0.05, 0.1) is 17.5 Å². The van der Waals surface area contributed by atoms with E-state index in [9.17, 15) is 14.9 Å². The first kappa shape index (κ1) is 17.4. The molecule has 25 heavy (non-hydrogen) atoms. The maximum Gasteiger partial charge on any atom is 0.294 e. The molecule has 2 heterocycles. The molecule has 0 saturated carbocycles. The number of nitro groups is 1. The zero-order chi connectivity index (χ0) is 18.0. The summed E-state index contributed by atoms with van der Waals surface area (Å²) >= 11 is 5.80. The van der Waals surface area contributed by atoms with E-state index < -0.39 is 4.92 Å². The van der Waals surface area contributed by atoms with Crippen molar-refractivity contribution in [1.29, 1.82) is 0 Å². The number of benzene rings is 1. The number of hydrogen-bond acceptors (Lipinski definition) is 4. The van der Waals surface area contributed by atoms with Gasteiger partial charge >= 0.3 is 0 Å². The van der Waals surface area contributed by atoms with Gasteiger partial charge in [0.2, 0.25) is 5.91 Å². The Morgan fingerprint density at radius 1 is 1.44 bits per heavy atom. The molecule has 1 aliphatic heterocycles. The SMILES string of the molecule is Cn1cccc1[C@@H]1CCCN1CC(=O)Nc1ccc(Cl)cc1[N+](=O)[O-]. The van der Waals surface area contributed by atoms with E-state index in [4.69, 9.17) is 11.6 Å². The summed E-state index contributed by atoms with van der Waals surface area (Å²) in [6, 6.07) is 8.45. The van der Waals surface area contributed by atoms with E-state index in [-0.39, 0.29) is 34.9 Å². The number of anilines is 1. The van der Waals surface area contributed by atoms with E-state index in [1.54, 1.807) is 0 Å². The maximum atomic E-state index is 12.4. The number of nitrogens with one attached hydrogen (secondary N) is 1. The lowest BCUT2D eigenvalue weighted by atomic mass is 10.1. The van der Waals surface area contributed by atoms with Gasteiger partial charge in [0.15, 0.2) is 0 Å². The molecule has 0 unspecified atom stereocenters. The average Bonchev–Trinajstić information content (AvgIpc) is 3.17. The van der Waals surface area contributed by atoms with Crippen molar-refractivity contribution in [2.24, 2.45) is 7.05 Å². The Morgan fingerprint density at radius 2 is 2.24 bits per heavy atom. The molecule has 1 aliphatic rings. The Hall–Kier alpha value is -2.38. The first-order valence-corrected chi connectivity index (χ1v) is 8.42.